The lowest BCUT2D eigenvalue weighted by Gasteiger charge is -2.16. The summed E-state index contributed by atoms with van der Waals surface area (Å²) in [6, 6.07) is 4.60. The van der Waals surface area contributed by atoms with Crippen molar-refractivity contribution in [3.63, 3.8) is 0 Å². The highest BCUT2D eigenvalue weighted by molar-refractivity contribution is 5.82. The smallest absolute Gasteiger partial charge is 0.310 e. The first kappa shape index (κ1) is 13.0. The van der Waals surface area contributed by atoms with Crippen LogP contribution in [0.4, 0.5) is 5.69 Å². The lowest BCUT2D eigenvalue weighted by atomic mass is 10.2. The maximum atomic E-state index is 10.8. The molecule has 0 aliphatic rings. The number of rotatable bonds is 5. The molecule has 6 nitrogen and oxygen atoms in total. The number of hydrogen-bond acceptors (Lipinski definition) is 4. The third kappa shape index (κ3) is 3.17. The lowest BCUT2D eigenvalue weighted by Crippen LogP contribution is -2.32. The minimum atomic E-state index is -0.629. The van der Waals surface area contributed by atoms with E-state index in [1.54, 1.807) is 19.1 Å². The molecule has 0 aromatic heterocycles. The van der Waals surface area contributed by atoms with Gasteiger partial charge in [0.25, 0.3) is 0 Å². The quantitative estimate of drug-likeness (QED) is 0.354. The molecule has 0 aliphatic heterocycles. The number of amidine groups is 1. The number of aryl methyl sites for hydroxylation is 1. The van der Waals surface area contributed by atoms with E-state index in [4.69, 9.17) is 15.9 Å². The Balaban J connectivity index is 3.07. The Morgan fingerprint density at radius 3 is 2.76 bits per heavy atom. The zero-order valence-electron chi connectivity index (χ0n) is 9.77. The second-order valence-corrected chi connectivity index (χ2v) is 3.70. The number of nitro benzene ring substituents is 1. The molecular formula is C11H15N3O3. The van der Waals surface area contributed by atoms with Gasteiger partial charge in [-0.3, -0.25) is 15.5 Å². The summed E-state index contributed by atoms with van der Waals surface area (Å²) in [7, 11) is 0. The van der Waals surface area contributed by atoms with Gasteiger partial charge in [-0.15, -0.1) is 0 Å². The van der Waals surface area contributed by atoms with Crippen LogP contribution in [0, 0.1) is 22.4 Å². The molecule has 0 heterocycles. The zero-order valence-corrected chi connectivity index (χ0v) is 9.77. The normalized spacial score (nSPS) is 11.9. The molecule has 6 heteroatoms. The third-order valence-electron chi connectivity index (χ3n) is 2.30. The van der Waals surface area contributed by atoms with Gasteiger partial charge in [-0.2, -0.15) is 0 Å². The molecule has 0 bridgehead atoms. The van der Waals surface area contributed by atoms with Crippen molar-refractivity contribution < 1.29 is 9.66 Å². The third-order valence-corrected chi connectivity index (χ3v) is 2.30. The van der Waals surface area contributed by atoms with Crippen molar-refractivity contribution in [2.45, 2.75) is 26.4 Å². The Hall–Kier alpha value is -2.11. The van der Waals surface area contributed by atoms with Crippen molar-refractivity contribution in [2.24, 2.45) is 5.73 Å². The van der Waals surface area contributed by atoms with Crippen molar-refractivity contribution in [3.05, 3.63) is 33.9 Å². The van der Waals surface area contributed by atoms with E-state index in [1.165, 1.54) is 6.07 Å². The fourth-order valence-electron chi connectivity index (χ4n) is 1.39. The molecule has 0 saturated carbocycles. The SMILES string of the molecule is CCC(Oc1cc(C)ccc1[N+](=O)[O-])C(=N)N. The molecule has 92 valence electrons. The number of nitrogens with zero attached hydrogens (tertiary/aromatic N) is 1. The maximum Gasteiger partial charge on any atom is 0.310 e. The molecule has 1 unspecified atom stereocenters. The van der Waals surface area contributed by atoms with Gasteiger partial charge in [-0.25, -0.2) is 0 Å². The van der Waals surface area contributed by atoms with Crippen LogP contribution < -0.4 is 10.5 Å². The molecule has 1 aromatic carbocycles. The Morgan fingerprint density at radius 2 is 2.29 bits per heavy atom. The van der Waals surface area contributed by atoms with E-state index in [9.17, 15) is 10.1 Å². The van der Waals surface area contributed by atoms with Crippen LogP contribution in [0.2, 0.25) is 0 Å². The van der Waals surface area contributed by atoms with Crippen LogP contribution in [0.1, 0.15) is 18.9 Å². The molecular weight excluding hydrogens is 222 g/mol. The number of ether oxygens (including phenoxy) is 1. The Morgan fingerprint density at radius 1 is 1.65 bits per heavy atom. The van der Waals surface area contributed by atoms with Crippen LogP contribution in [0.25, 0.3) is 0 Å². The van der Waals surface area contributed by atoms with Crippen LogP contribution >= 0.6 is 0 Å². The molecule has 0 spiro atoms. The molecule has 1 rings (SSSR count). The van der Waals surface area contributed by atoms with E-state index in [0.717, 1.165) is 5.56 Å². The number of hydrogen-bond donors (Lipinski definition) is 2. The van der Waals surface area contributed by atoms with Crippen LogP contribution in [0.3, 0.4) is 0 Å². The van der Waals surface area contributed by atoms with Gasteiger partial charge in [0.1, 0.15) is 5.84 Å². The van der Waals surface area contributed by atoms with Gasteiger partial charge in [0, 0.05) is 6.07 Å². The second kappa shape index (κ2) is 5.29. The van der Waals surface area contributed by atoms with Gasteiger partial charge in [0.2, 0.25) is 0 Å². The molecule has 0 aliphatic carbocycles. The fourth-order valence-corrected chi connectivity index (χ4v) is 1.39. The topological polar surface area (TPSA) is 102 Å². The summed E-state index contributed by atoms with van der Waals surface area (Å²) >= 11 is 0. The lowest BCUT2D eigenvalue weighted by molar-refractivity contribution is -0.386. The van der Waals surface area contributed by atoms with E-state index in [-0.39, 0.29) is 17.3 Å². The minimum Gasteiger partial charge on any atom is -0.475 e. The fraction of sp³-hybridized carbons (Fsp3) is 0.364. The average molecular weight is 237 g/mol. The van der Waals surface area contributed by atoms with E-state index in [2.05, 4.69) is 0 Å². The van der Waals surface area contributed by atoms with Gasteiger partial charge in [-0.1, -0.05) is 13.0 Å². The molecule has 1 atom stereocenters. The zero-order chi connectivity index (χ0) is 13.0. The summed E-state index contributed by atoms with van der Waals surface area (Å²) in [5, 5.41) is 18.1. The van der Waals surface area contributed by atoms with Gasteiger partial charge < -0.3 is 10.5 Å². The first-order valence-corrected chi connectivity index (χ1v) is 5.21. The summed E-state index contributed by atoms with van der Waals surface area (Å²) in [5.74, 6) is 0.0142. The van der Waals surface area contributed by atoms with E-state index >= 15 is 0 Å². The number of benzene rings is 1. The summed E-state index contributed by atoms with van der Waals surface area (Å²) in [4.78, 5) is 10.3. The van der Waals surface area contributed by atoms with Crippen molar-refractivity contribution in [1.82, 2.24) is 0 Å². The highest BCUT2D eigenvalue weighted by atomic mass is 16.6. The Kier molecular flexibility index (Phi) is 4.03. The maximum absolute atomic E-state index is 10.8. The van der Waals surface area contributed by atoms with E-state index in [1.807, 2.05) is 6.92 Å². The second-order valence-electron chi connectivity index (χ2n) is 3.70. The molecule has 0 amide bonds. The first-order chi connectivity index (χ1) is 7.95. The van der Waals surface area contributed by atoms with Crippen molar-refractivity contribution >= 4 is 11.5 Å². The molecule has 1 aromatic rings. The molecule has 0 radical (unpaired) electrons. The standard InChI is InChI=1S/C11H15N3O3/c1-3-9(11(12)13)17-10-6-7(2)4-5-8(10)14(15)16/h4-6,9H,3H2,1-2H3,(H3,12,13). The summed E-state index contributed by atoms with van der Waals surface area (Å²) in [6.07, 6.45) is -0.143. The van der Waals surface area contributed by atoms with E-state index in [0.29, 0.717) is 6.42 Å². The molecule has 17 heavy (non-hydrogen) atoms. The van der Waals surface area contributed by atoms with Crippen molar-refractivity contribution in [3.8, 4) is 5.75 Å². The van der Waals surface area contributed by atoms with Crippen LogP contribution in [0.15, 0.2) is 18.2 Å². The number of nitrogens with one attached hydrogen (secondary N) is 1. The van der Waals surface area contributed by atoms with E-state index < -0.39 is 11.0 Å². The van der Waals surface area contributed by atoms with Gasteiger partial charge in [0.15, 0.2) is 11.9 Å². The van der Waals surface area contributed by atoms with Gasteiger partial charge in [0.05, 0.1) is 4.92 Å². The molecule has 0 saturated heterocycles. The summed E-state index contributed by atoms with van der Waals surface area (Å²) in [5.41, 5.74) is 6.08. The van der Waals surface area contributed by atoms with Crippen LogP contribution in [0.5, 0.6) is 5.75 Å². The minimum absolute atomic E-state index is 0.115. The number of nitrogens with two attached hydrogens (primary N) is 1. The number of nitro groups is 1. The summed E-state index contributed by atoms with van der Waals surface area (Å²) in [6.45, 7) is 3.61. The van der Waals surface area contributed by atoms with Crippen LogP contribution in [-0.2, 0) is 0 Å². The monoisotopic (exact) mass is 237 g/mol. The average Bonchev–Trinajstić information content (AvgIpc) is 2.25. The highest BCUT2D eigenvalue weighted by Crippen LogP contribution is 2.28. The first-order valence-electron chi connectivity index (χ1n) is 5.21. The van der Waals surface area contributed by atoms with Gasteiger partial charge in [-0.05, 0) is 25.0 Å². The largest absolute Gasteiger partial charge is 0.475 e. The Bertz CT molecular complexity index is 446. The molecule has 0 fully saturated rings. The highest BCUT2D eigenvalue weighted by Gasteiger charge is 2.19. The predicted molar refractivity (Wildman–Crippen MR) is 64.5 cm³/mol. The summed E-state index contributed by atoms with van der Waals surface area (Å²) < 4.78 is 5.41. The molecule has 3 N–H and O–H groups in total. The Labute approximate surface area is 99.0 Å². The predicted octanol–water partition coefficient (Wildman–Crippen LogP) is 2.00. The van der Waals surface area contributed by atoms with Crippen molar-refractivity contribution in [2.75, 3.05) is 0 Å². The van der Waals surface area contributed by atoms with Crippen molar-refractivity contribution in [1.29, 1.82) is 5.41 Å². The van der Waals surface area contributed by atoms with Crippen LogP contribution in [-0.4, -0.2) is 16.9 Å². The van der Waals surface area contributed by atoms with Gasteiger partial charge >= 0.3 is 5.69 Å².